The van der Waals surface area contributed by atoms with Crippen molar-refractivity contribution in [1.29, 1.82) is 0 Å². The summed E-state index contributed by atoms with van der Waals surface area (Å²) in [5.74, 6) is 4.18. The Hall–Kier alpha value is -2.25. The Balaban J connectivity index is 1.63. The predicted octanol–water partition coefficient (Wildman–Crippen LogP) is 4.34. The van der Waals surface area contributed by atoms with Gasteiger partial charge in [-0.25, -0.2) is 0 Å². The number of likely N-dealkylation sites (tertiary alicyclic amines) is 1. The number of fused-ring (bicyclic) bond motifs is 2. The molecule has 5 nitrogen and oxygen atoms in total. The number of alkyl halides is 3. The van der Waals surface area contributed by atoms with E-state index in [-0.39, 0.29) is 11.6 Å². The number of thiophene rings is 1. The number of ether oxygens (including phenoxy) is 3. The second kappa shape index (κ2) is 9.18. The van der Waals surface area contributed by atoms with Crippen LogP contribution in [-0.2, 0) is 36.1 Å². The molecule has 33 heavy (non-hydrogen) atoms. The first-order valence-corrected chi connectivity index (χ1v) is 11.5. The van der Waals surface area contributed by atoms with Crippen LogP contribution < -0.4 is 9.47 Å². The monoisotopic (exact) mass is 481 g/mol. The number of benzene rings is 1. The number of terminal acetylenes is 1. The molecule has 2 aromatic rings. The maximum atomic E-state index is 13.6. The summed E-state index contributed by atoms with van der Waals surface area (Å²) >= 11 is 0.696. The maximum Gasteiger partial charge on any atom is 0.425 e. The van der Waals surface area contributed by atoms with Crippen molar-refractivity contribution in [1.82, 2.24) is 4.90 Å². The first-order chi connectivity index (χ1) is 15.8. The minimum absolute atomic E-state index is 0.0205. The van der Waals surface area contributed by atoms with E-state index in [9.17, 15) is 18.3 Å². The molecule has 0 aliphatic carbocycles. The molecule has 1 spiro atoms. The van der Waals surface area contributed by atoms with Crippen molar-refractivity contribution in [3.8, 4) is 23.8 Å². The number of aliphatic hydroxyl groups is 1. The molecule has 178 valence electrons. The fourth-order valence-corrected chi connectivity index (χ4v) is 6.27. The molecule has 3 heterocycles. The number of piperidine rings is 1. The quantitative estimate of drug-likeness (QED) is 0.644. The van der Waals surface area contributed by atoms with Crippen molar-refractivity contribution in [3.05, 3.63) is 44.6 Å². The summed E-state index contributed by atoms with van der Waals surface area (Å²) in [4.78, 5) is 1.95. The number of rotatable bonds is 5. The molecule has 1 saturated heterocycles. The van der Waals surface area contributed by atoms with E-state index in [1.807, 2.05) is 18.2 Å². The molecular weight excluding hydrogens is 455 g/mol. The zero-order valence-corrected chi connectivity index (χ0v) is 19.3. The zero-order chi connectivity index (χ0) is 23.8. The molecule has 1 aromatic carbocycles. The van der Waals surface area contributed by atoms with Gasteiger partial charge in [-0.1, -0.05) is 12.0 Å². The van der Waals surface area contributed by atoms with Gasteiger partial charge in [-0.3, -0.25) is 4.90 Å². The van der Waals surface area contributed by atoms with Crippen LogP contribution in [0.3, 0.4) is 0 Å². The van der Waals surface area contributed by atoms with Crippen LogP contribution in [0.1, 0.15) is 39.3 Å². The molecule has 1 fully saturated rings. The molecule has 0 amide bonds. The van der Waals surface area contributed by atoms with Crippen LogP contribution in [0.4, 0.5) is 13.2 Å². The lowest BCUT2D eigenvalue weighted by molar-refractivity contribution is -0.135. The Morgan fingerprint density at radius 3 is 2.76 bits per heavy atom. The van der Waals surface area contributed by atoms with Crippen molar-refractivity contribution >= 4 is 11.3 Å². The lowest BCUT2D eigenvalue weighted by atomic mass is 9.80. The SMILES string of the molecule is C#C[C@@H]1CC2(CCN1Cc1ccc(OC)cc1OC)OCCc1c2sc(C(F)(F)F)c1CO. The highest BCUT2D eigenvalue weighted by Crippen LogP contribution is 2.51. The predicted molar refractivity (Wildman–Crippen MR) is 118 cm³/mol. The van der Waals surface area contributed by atoms with E-state index in [1.165, 1.54) is 0 Å². The molecule has 2 atom stereocenters. The molecule has 2 aliphatic heterocycles. The minimum Gasteiger partial charge on any atom is -0.497 e. The molecule has 1 aromatic heterocycles. The number of nitrogens with zero attached hydrogens (tertiary/aromatic N) is 1. The molecule has 9 heteroatoms. The van der Waals surface area contributed by atoms with E-state index in [4.69, 9.17) is 20.6 Å². The highest BCUT2D eigenvalue weighted by Gasteiger charge is 2.49. The van der Waals surface area contributed by atoms with Crippen molar-refractivity contribution in [2.75, 3.05) is 27.4 Å². The topological polar surface area (TPSA) is 51.2 Å². The number of aliphatic hydroxyl groups excluding tert-OH is 1. The average molecular weight is 482 g/mol. The second-order valence-electron chi connectivity index (χ2n) is 8.25. The van der Waals surface area contributed by atoms with Gasteiger partial charge in [0.15, 0.2) is 0 Å². The lowest BCUT2D eigenvalue weighted by Gasteiger charge is -2.46. The van der Waals surface area contributed by atoms with Gasteiger partial charge in [0.2, 0.25) is 0 Å². The van der Waals surface area contributed by atoms with Crippen LogP contribution >= 0.6 is 11.3 Å². The summed E-state index contributed by atoms with van der Waals surface area (Å²) in [7, 11) is 3.18. The van der Waals surface area contributed by atoms with Crippen molar-refractivity contribution in [2.24, 2.45) is 0 Å². The van der Waals surface area contributed by atoms with E-state index in [2.05, 4.69) is 10.8 Å². The summed E-state index contributed by atoms with van der Waals surface area (Å²) < 4.78 is 57.9. The van der Waals surface area contributed by atoms with Gasteiger partial charge in [0.05, 0.1) is 33.5 Å². The first kappa shape index (κ1) is 23.9. The van der Waals surface area contributed by atoms with Crippen molar-refractivity contribution in [2.45, 2.75) is 50.2 Å². The molecule has 0 saturated carbocycles. The summed E-state index contributed by atoms with van der Waals surface area (Å²) in [6, 6.07) is 5.26. The van der Waals surface area contributed by atoms with Crippen molar-refractivity contribution in [3.63, 3.8) is 0 Å². The normalized spacial score (nSPS) is 23.2. The van der Waals surface area contributed by atoms with Crippen LogP contribution in [0.15, 0.2) is 18.2 Å². The third-order valence-corrected chi connectivity index (χ3v) is 8.01. The molecule has 0 bridgehead atoms. The summed E-state index contributed by atoms with van der Waals surface area (Å²) in [5, 5.41) is 9.71. The van der Waals surface area contributed by atoms with E-state index >= 15 is 0 Å². The van der Waals surface area contributed by atoms with Gasteiger partial charge in [-0.2, -0.15) is 13.2 Å². The maximum absolute atomic E-state index is 13.6. The molecule has 1 unspecified atom stereocenters. The van der Waals surface area contributed by atoms with Crippen molar-refractivity contribution < 1.29 is 32.5 Å². The lowest BCUT2D eigenvalue weighted by Crippen LogP contribution is -2.50. The van der Waals surface area contributed by atoms with Crippen LogP contribution in [0.25, 0.3) is 0 Å². The van der Waals surface area contributed by atoms with E-state index in [0.717, 1.165) is 5.56 Å². The number of halogens is 3. The third-order valence-electron chi connectivity index (χ3n) is 6.50. The minimum atomic E-state index is -4.52. The van der Waals surface area contributed by atoms with Gasteiger partial charge in [-0.05, 0) is 24.5 Å². The van der Waals surface area contributed by atoms with Crippen LogP contribution in [0.5, 0.6) is 11.5 Å². The van der Waals surface area contributed by atoms with Gasteiger partial charge in [0, 0.05) is 41.6 Å². The first-order valence-electron chi connectivity index (χ1n) is 10.6. The van der Waals surface area contributed by atoms with E-state index in [0.29, 0.717) is 72.2 Å². The fraction of sp³-hybridized carbons (Fsp3) is 0.500. The van der Waals surface area contributed by atoms with Gasteiger partial charge in [0.1, 0.15) is 22.0 Å². The summed E-state index contributed by atoms with van der Waals surface area (Å²) in [5.41, 5.74) is 0.621. The van der Waals surface area contributed by atoms with Crippen LogP contribution in [0.2, 0.25) is 0 Å². The average Bonchev–Trinajstić information content (AvgIpc) is 3.21. The molecule has 2 aliphatic rings. The highest BCUT2D eigenvalue weighted by molar-refractivity contribution is 7.12. The number of methoxy groups -OCH3 is 2. The standard InChI is InChI=1S/C24H26F3NO4S/c1-4-16-12-23(8-9-28(16)13-15-5-6-17(30-2)11-20(15)31-3)21-18(7-10-32-23)19(14-29)22(33-21)24(25,26)27/h1,5-6,11,16,29H,7-10,12-14H2,2-3H3/t16-,23?/m1/s1. The number of hydrogen-bond donors (Lipinski definition) is 1. The van der Waals surface area contributed by atoms with Crippen LogP contribution in [-0.4, -0.2) is 43.4 Å². The molecule has 0 radical (unpaired) electrons. The van der Waals surface area contributed by atoms with E-state index in [1.54, 1.807) is 14.2 Å². The Morgan fingerprint density at radius 1 is 1.33 bits per heavy atom. The van der Waals surface area contributed by atoms with Gasteiger partial charge in [-0.15, -0.1) is 17.8 Å². The van der Waals surface area contributed by atoms with Gasteiger partial charge in [0.25, 0.3) is 0 Å². The Labute approximate surface area is 195 Å². The Kier molecular flexibility index (Phi) is 6.65. The molecular formula is C24H26F3NO4S. The van der Waals surface area contributed by atoms with Crippen LogP contribution in [0, 0.1) is 12.3 Å². The second-order valence-corrected chi connectivity index (χ2v) is 9.27. The summed E-state index contributed by atoms with van der Waals surface area (Å²) in [6.45, 7) is 0.749. The van der Waals surface area contributed by atoms with Gasteiger partial charge < -0.3 is 19.3 Å². The molecule has 1 N–H and O–H groups in total. The Bertz CT molecular complexity index is 1060. The van der Waals surface area contributed by atoms with E-state index < -0.39 is 23.3 Å². The Morgan fingerprint density at radius 2 is 2.12 bits per heavy atom. The smallest absolute Gasteiger partial charge is 0.425 e. The van der Waals surface area contributed by atoms with Gasteiger partial charge >= 0.3 is 6.18 Å². The summed E-state index contributed by atoms with van der Waals surface area (Å²) in [6.07, 6.45) is 2.63. The largest absolute Gasteiger partial charge is 0.497 e. The third kappa shape index (κ3) is 4.33. The molecule has 4 rings (SSSR count). The fourth-order valence-electron chi connectivity index (χ4n) is 4.86. The number of hydrogen-bond acceptors (Lipinski definition) is 6. The highest BCUT2D eigenvalue weighted by atomic mass is 32.1. The zero-order valence-electron chi connectivity index (χ0n) is 18.5.